The average molecular weight is 358 g/mol. The topological polar surface area (TPSA) is 83.7 Å². The highest BCUT2D eigenvalue weighted by Crippen LogP contribution is 2.20. The molecule has 0 saturated carbocycles. The Balaban J connectivity index is 1.78. The van der Waals surface area contributed by atoms with E-state index in [1.165, 1.54) is 6.21 Å². The maximum absolute atomic E-state index is 11.7. The van der Waals surface area contributed by atoms with Crippen LogP contribution in [-0.2, 0) is 4.79 Å². The van der Waals surface area contributed by atoms with Gasteiger partial charge >= 0.3 is 0 Å². The van der Waals surface area contributed by atoms with Crippen molar-refractivity contribution in [3.63, 3.8) is 0 Å². The van der Waals surface area contributed by atoms with Crippen molar-refractivity contribution in [3.8, 4) is 17.6 Å². The first-order chi connectivity index (χ1) is 12.1. The molecule has 0 aliphatic heterocycles. The van der Waals surface area contributed by atoms with E-state index in [1.807, 2.05) is 13.0 Å². The van der Waals surface area contributed by atoms with Crippen LogP contribution >= 0.6 is 11.6 Å². The summed E-state index contributed by atoms with van der Waals surface area (Å²) in [6.07, 6.45) is 1.50. The van der Waals surface area contributed by atoms with Crippen LogP contribution in [0, 0.1) is 18.3 Å². The molecule has 0 unspecified atom stereocenters. The lowest BCUT2D eigenvalue weighted by Gasteiger charge is -2.06. The van der Waals surface area contributed by atoms with E-state index in [-0.39, 0.29) is 19.1 Å². The van der Waals surface area contributed by atoms with Crippen molar-refractivity contribution < 1.29 is 14.3 Å². The van der Waals surface area contributed by atoms with Crippen molar-refractivity contribution in [2.45, 2.75) is 6.92 Å². The lowest BCUT2D eigenvalue weighted by Crippen LogP contribution is -2.24. The third kappa shape index (κ3) is 6.16. The number of rotatable bonds is 7. The van der Waals surface area contributed by atoms with Gasteiger partial charge in [0.25, 0.3) is 5.91 Å². The molecule has 2 rings (SSSR count). The van der Waals surface area contributed by atoms with Crippen LogP contribution in [-0.4, -0.2) is 25.3 Å². The lowest BCUT2D eigenvalue weighted by molar-refractivity contribution is -0.123. The van der Waals surface area contributed by atoms with Crippen LogP contribution in [0.25, 0.3) is 0 Å². The van der Waals surface area contributed by atoms with Crippen molar-refractivity contribution in [1.82, 2.24) is 5.43 Å². The molecule has 7 heteroatoms. The lowest BCUT2D eigenvalue weighted by atomic mass is 10.2. The highest BCUT2D eigenvalue weighted by Gasteiger charge is 2.03. The van der Waals surface area contributed by atoms with Crippen molar-refractivity contribution >= 4 is 23.7 Å². The van der Waals surface area contributed by atoms with Crippen LogP contribution in [0.3, 0.4) is 0 Å². The molecule has 1 amide bonds. The van der Waals surface area contributed by atoms with E-state index in [0.29, 0.717) is 16.5 Å². The zero-order chi connectivity index (χ0) is 18.1. The number of hydrogen-bond donors (Lipinski definition) is 1. The summed E-state index contributed by atoms with van der Waals surface area (Å²) in [6, 6.07) is 14.0. The summed E-state index contributed by atoms with van der Waals surface area (Å²) in [4.78, 5) is 11.7. The average Bonchev–Trinajstić information content (AvgIpc) is 2.62. The van der Waals surface area contributed by atoms with Gasteiger partial charge in [0.15, 0.2) is 13.2 Å². The third-order valence-corrected chi connectivity index (χ3v) is 3.51. The zero-order valence-corrected chi connectivity index (χ0v) is 14.3. The van der Waals surface area contributed by atoms with Crippen LogP contribution in [0.2, 0.25) is 5.02 Å². The first kappa shape index (κ1) is 18.3. The standard InChI is InChI=1S/C18H16ClN3O3/c1-13-10-16(6-7-17(13)19)25-12-18(23)22-21-11-14-2-4-15(5-3-14)24-9-8-20/h2-7,10-11H,9,12H2,1H3,(H,22,23)/b21-11-. The normalized spacial score (nSPS) is 10.3. The SMILES string of the molecule is Cc1cc(OCC(=O)N/N=C\c2ccc(OCC#N)cc2)ccc1Cl. The monoisotopic (exact) mass is 357 g/mol. The van der Waals surface area contributed by atoms with E-state index in [4.69, 9.17) is 26.3 Å². The molecule has 0 spiro atoms. The Bertz CT molecular complexity index is 798. The predicted molar refractivity (Wildman–Crippen MR) is 95.0 cm³/mol. The van der Waals surface area contributed by atoms with Gasteiger partial charge in [0.2, 0.25) is 0 Å². The van der Waals surface area contributed by atoms with Crippen molar-refractivity contribution in [1.29, 1.82) is 5.26 Å². The van der Waals surface area contributed by atoms with Gasteiger partial charge in [-0.15, -0.1) is 0 Å². The summed E-state index contributed by atoms with van der Waals surface area (Å²) in [5.41, 5.74) is 4.03. The molecule has 0 radical (unpaired) electrons. The highest BCUT2D eigenvalue weighted by molar-refractivity contribution is 6.31. The van der Waals surface area contributed by atoms with Crippen LogP contribution in [0.1, 0.15) is 11.1 Å². The quantitative estimate of drug-likeness (QED) is 0.609. The fourth-order valence-electron chi connectivity index (χ4n) is 1.83. The number of hydrogen-bond acceptors (Lipinski definition) is 5. The number of amides is 1. The summed E-state index contributed by atoms with van der Waals surface area (Å²) < 4.78 is 10.5. The number of carbonyl (C=O) groups excluding carboxylic acids is 1. The molecule has 2 aromatic carbocycles. The molecule has 0 aromatic heterocycles. The first-order valence-corrected chi connectivity index (χ1v) is 7.77. The van der Waals surface area contributed by atoms with Gasteiger partial charge in [-0.2, -0.15) is 10.4 Å². The molecule has 0 fully saturated rings. The van der Waals surface area contributed by atoms with Gasteiger partial charge in [-0.3, -0.25) is 4.79 Å². The van der Waals surface area contributed by atoms with Gasteiger partial charge < -0.3 is 9.47 Å². The van der Waals surface area contributed by atoms with Crippen LogP contribution in [0.15, 0.2) is 47.6 Å². The Kier molecular flexibility index (Phi) is 6.81. The number of benzene rings is 2. The smallest absolute Gasteiger partial charge is 0.277 e. The summed E-state index contributed by atoms with van der Waals surface area (Å²) >= 11 is 5.93. The fraction of sp³-hybridized carbons (Fsp3) is 0.167. The molecule has 25 heavy (non-hydrogen) atoms. The van der Waals surface area contributed by atoms with Gasteiger partial charge in [-0.05, 0) is 60.5 Å². The second-order valence-electron chi connectivity index (χ2n) is 5.01. The molecule has 0 aliphatic carbocycles. The molecule has 6 nitrogen and oxygen atoms in total. The van der Waals surface area contributed by atoms with Crippen molar-refractivity contribution in [3.05, 3.63) is 58.6 Å². The molecular formula is C18H16ClN3O3. The number of ether oxygens (including phenoxy) is 2. The van der Waals surface area contributed by atoms with Crippen LogP contribution in [0.5, 0.6) is 11.5 Å². The van der Waals surface area contributed by atoms with Crippen molar-refractivity contribution in [2.24, 2.45) is 5.10 Å². The Labute approximate surface area is 150 Å². The molecule has 0 aliphatic rings. The summed E-state index contributed by atoms with van der Waals surface area (Å²) in [5.74, 6) is 0.779. The van der Waals surface area contributed by atoms with Crippen LogP contribution < -0.4 is 14.9 Å². The van der Waals surface area contributed by atoms with E-state index in [9.17, 15) is 4.79 Å². The van der Waals surface area contributed by atoms with Gasteiger partial charge in [0.1, 0.15) is 17.6 Å². The van der Waals surface area contributed by atoms with E-state index in [0.717, 1.165) is 11.1 Å². The Morgan fingerprint density at radius 2 is 1.96 bits per heavy atom. The molecule has 0 atom stereocenters. The molecule has 0 bridgehead atoms. The van der Waals surface area contributed by atoms with Gasteiger partial charge in [0, 0.05) is 5.02 Å². The zero-order valence-electron chi connectivity index (χ0n) is 13.5. The number of carbonyl (C=O) groups is 1. The minimum atomic E-state index is -0.377. The van der Waals surface area contributed by atoms with E-state index in [1.54, 1.807) is 42.5 Å². The summed E-state index contributed by atoms with van der Waals surface area (Å²) in [7, 11) is 0. The summed E-state index contributed by atoms with van der Waals surface area (Å²) in [6.45, 7) is 1.70. The molecule has 1 N–H and O–H groups in total. The Morgan fingerprint density at radius 1 is 1.24 bits per heavy atom. The third-order valence-electron chi connectivity index (χ3n) is 3.09. The number of nitrogens with zero attached hydrogens (tertiary/aromatic N) is 2. The molecule has 2 aromatic rings. The second-order valence-corrected chi connectivity index (χ2v) is 5.42. The van der Waals surface area contributed by atoms with Gasteiger partial charge in [-0.25, -0.2) is 5.43 Å². The largest absolute Gasteiger partial charge is 0.484 e. The number of hydrazone groups is 1. The maximum Gasteiger partial charge on any atom is 0.277 e. The van der Waals surface area contributed by atoms with Crippen LogP contribution in [0.4, 0.5) is 0 Å². The molecule has 0 saturated heterocycles. The fourth-order valence-corrected chi connectivity index (χ4v) is 1.95. The maximum atomic E-state index is 11.7. The Hall–Kier alpha value is -3.04. The minimum Gasteiger partial charge on any atom is -0.484 e. The number of nitrogens with one attached hydrogen (secondary N) is 1. The second kappa shape index (κ2) is 9.30. The highest BCUT2D eigenvalue weighted by atomic mass is 35.5. The van der Waals surface area contributed by atoms with Gasteiger partial charge in [0.05, 0.1) is 6.21 Å². The summed E-state index contributed by atoms with van der Waals surface area (Å²) in [5, 5.41) is 12.9. The molecule has 128 valence electrons. The van der Waals surface area contributed by atoms with E-state index >= 15 is 0 Å². The van der Waals surface area contributed by atoms with E-state index < -0.39 is 0 Å². The molecule has 0 heterocycles. The molecular weight excluding hydrogens is 342 g/mol. The van der Waals surface area contributed by atoms with E-state index in [2.05, 4.69) is 10.5 Å². The number of aryl methyl sites for hydroxylation is 1. The Morgan fingerprint density at radius 3 is 2.64 bits per heavy atom. The van der Waals surface area contributed by atoms with Crippen molar-refractivity contribution in [2.75, 3.05) is 13.2 Å². The number of halogens is 1. The first-order valence-electron chi connectivity index (χ1n) is 7.39. The minimum absolute atomic E-state index is 0.00334. The number of nitriles is 1. The predicted octanol–water partition coefficient (Wildman–Crippen LogP) is 3.08. The van der Waals surface area contributed by atoms with Gasteiger partial charge in [-0.1, -0.05) is 11.6 Å².